The molecule has 1 rings (SSSR count). The first-order valence-electron chi connectivity index (χ1n) is 5.80. The van der Waals surface area contributed by atoms with Crippen LogP contribution in [0.2, 0.25) is 0 Å². The fraction of sp³-hybridized carbons (Fsp3) is 0.500. The van der Waals surface area contributed by atoms with E-state index in [-0.39, 0.29) is 18.2 Å². The number of unbranched alkanes of at least 4 members (excludes halogenated alkanes) is 1. The van der Waals surface area contributed by atoms with Gasteiger partial charge in [-0.15, -0.1) is 0 Å². The predicted molar refractivity (Wildman–Crippen MR) is 63.4 cm³/mol. The number of nitrogens with one attached hydrogen (secondary N) is 1. The van der Waals surface area contributed by atoms with E-state index in [4.69, 9.17) is 0 Å². The zero-order valence-corrected chi connectivity index (χ0v) is 10.3. The molecule has 0 spiro atoms. The van der Waals surface area contributed by atoms with Crippen molar-refractivity contribution in [3.63, 3.8) is 0 Å². The number of carbonyl (C=O) groups is 4. The van der Waals surface area contributed by atoms with Crippen LogP contribution < -0.4 is 5.32 Å². The minimum atomic E-state index is -0.466. The summed E-state index contributed by atoms with van der Waals surface area (Å²) < 4.78 is 0. The average Bonchev–Trinajstić information content (AvgIpc) is 2.60. The van der Waals surface area contributed by atoms with Crippen LogP contribution in [0.15, 0.2) is 12.2 Å². The lowest BCUT2D eigenvalue weighted by Crippen LogP contribution is -2.40. The maximum absolute atomic E-state index is 11.4. The third-order valence-corrected chi connectivity index (χ3v) is 2.48. The van der Waals surface area contributed by atoms with Crippen LogP contribution in [0.25, 0.3) is 0 Å². The van der Waals surface area contributed by atoms with Crippen LogP contribution in [0.5, 0.6) is 0 Å². The highest BCUT2D eigenvalue weighted by molar-refractivity contribution is 6.14. The van der Waals surface area contributed by atoms with Gasteiger partial charge in [-0.25, -0.2) is 0 Å². The number of Topliss-reactive ketones (excluding diaryl/α,β-unsaturated/α-hetero) is 1. The van der Waals surface area contributed by atoms with Crippen LogP contribution in [0.3, 0.4) is 0 Å². The minimum absolute atomic E-state index is 0.126. The molecule has 0 saturated carbocycles. The lowest BCUT2D eigenvalue weighted by atomic mass is 10.2. The van der Waals surface area contributed by atoms with Gasteiger partial charge in [-0.2, -0.15) is 0 Å². The van der Waals surface area contributed by atoms with Crippen molar-refractivity contribution in [1.82, 2.24) is 10.2 Å². The SMILES string of the molecule is CC(=O)CCCCNC(=O)CN1C(=O)C=CC1=O. The Morgan fingerprint density at radius 2 is 1.78 bits per heavy atom. The monoisotopic (exact) mass is 252 g/mol. The summed E-state index contributed by atoms with van der Waals surface area (Å²) in [7, 11) is 0. The highest BCUT2D eigenvalue weighted by Crippen LogP contribution is 2.02. The molecule has 0 aromatic carbocycles. The summed E-state index contributed by atoms with van der Waals surface area (Å²) in [5.74, 6) is -1.18. The Morgan fingerprint density at radius 1 is 1.17 bits per heavy atom. The lowest BCUT2D eigenvalue weighted by Gasteiger charge is -2.13. The first-order chi connectivity index (χ1) is 8.50. The smallest absolute Gasteiger partial charge is 0.254 e. The molecule has 0 radical (unpaired) electrons. The number of rotatable bonds is 7. The summed E-state index contributed by atoms with van der Waals surface area (Å²) in [5.41, 5.74) is 0. The summed E-state index contributed by atoms with van der Waals surface area (Å²) in [6, 6.07) is 0. The van der Waals surface area contributed by atoms with Crippen LogP contribution in [-0.4, -0.2) is 41.5 Å². The molecular formula is C12H16N2O4. The summed E-state index contributed by atoms with van der Waals surface area (Å²) in [5, 5.41) is 2.60. The van der Waals surface area contributed by atoms with Gasteiger partial charge in [0.1, 0.15) is 12.3 Å². The number of imide groups is 1. The van der Waals surface area contributed by atoms with Crippen molar-refractivity contribution in [3.8, 4) is 0 Å². The Hall–Kier alpha value is -1.98. The standard InChI is InChI=1S/C12H16N2O4/c1-9(15)4-2-3-7-13-10(16)8-14-11(17)5-6-12(14)18/h5-6H,2-4,7-8H2,1H3,(H,13,16). The molecule has 0 aromatic rings. The molecule has 0 aromatic heterocycles. The predicted octanol–water partition coefficient (Wildman–Crippen LogP) is -0.213. The van der Waals surface area contributed by atoms with E-state index in [1.807, 2.05) is 0 Å². The molecule has 0 fully saturated rings. The van der Waals surface area contributed by atoms with Crippen LogP contribution in [0, 0.1) is 0 Å². The number of ketones is 1. The van der Waals surface area contributed by atoms with Gasteiger partial charge < -0.3 is 10.1 Å². The fourth-order valence-electron chi connectivity index (χ4n) is 1.51. The van der Waals surface area contributed by atoms with Crippen molar-refractivity contribution in [2.75, 3.05) is 13.1 Å². The summed E-state index contributed by atoms with van der Waals surface area (Å²) >= 11 is 0. The maximum atomic E-state index is 11.4. The van der Waals surface area contributed by atoms with E-state index in [1.165, 1.54) is 6.92 Å². The van der Waals surface area contributed by atoms with E-state index in [2.05, 4.69) is 5.32 Å². The molecule has 18 heavy (non-hydrogen) atoms. The second kappa shape index (κ2) is 6.68. The van der Waals surface area contributed by atoms with E-state index in [0.717, 1.165) is 23.5 Å². The van der Waals surface area contributed by atoms with E-state index >= 15 is 0 Å². The number of amides is 3. The quantitative estimate of drug-likeness (QED) is 0.502. The van der Waals surface area contributed by atoms with Gasteiger partial charge in [-0.3, -0.25) is 19.3 Å². The second-order valence-electron chi connectivity index (χ2n) is 4.11. The van der Waals surface area contributed by atoms with Gasteiger partial charge in [0, 0.05) is 25.1 Å². The van der Waals surface area contributed by atoms with Crippen LogP contribution >= 0.6 is 0 Å². The largest absolute Gasteiger partial charge is 0.355 e. The van der Waals surface area contributed by atoms with E-state index in [9.17, 15) is 19.2 Å². The van der Waals surface area contributed by atoms with Gasteiger partial charge >= 0.3 is 0 Å². The molecule has 1 N–H and O–H groups in total. The number of hydrogen-bond donors (Lipinski definition) is 1. The van der Waals surface area contributed by atoms with Crippen LogP contribution in [-0.2, 0) is 19.2 Å². The van der Waals surface area contributed by atoms with Gasteiger partial charge in [0.25, 0.3) is 11.8 Å². The van der Waals surface area contributed by atoms with Crippen molar-refractivity contribution < 1.29 is 19.2 Å². The molecule has 0 unspecified atom stereocenters. The Balaban J connectivity index is 2.16. The molecule has 0 aliphatic carbocycles. The van der Waals surface area contributed by atoms with Gasteiger partial charge in [-0.05, 0) is 19.8 Å². The highest BCUT2D eigenvalue weighted by atomic mass is 16.2. The van der Waals surface area contributed by atoms with Crippen molar-refractivity contribution in [1.29, 1.82) is 0 Å². The molecule has 98 valence electrons. The number of carbonyl (C=O) groups excluding carboxylic acids is 4. The van der Waals surface area contributed by atoms with Crippen LogP contribution in [0.1, 0.15) is 26.2 Å². The first kappa shape index (κ1) is 14.1. The third kappa shape index (κ3) is 4.48. The van der Waals surface area contributed by atoms with Gasteiger partial charge in [0.2, 0.25) is 5.91 Å². The van der Waals surface area contributed by atoms with E-state index < -0.39 is 11.8 Å². The molecule has 1 aliphatic heterocycles. The summed E-state index contributed by atoms with van der Waals surface area (Å²) in [6.45, 7) is 1.71. The summed E-state index contributed by atoms with van der Waals surface area (Å²) in [4.78, 5) is 45.3. The Kier molecular flexibility index (Phi) is 5.23. The van der Waals surface area contributed by atoms with Crippen molar-refractivity contribution in [2.24, 2.45) is 0 Å². The van der Waals surface area contributed by atoms with E-state index in [1.54, 1.807) is 0 Å². The normalized spacial score (nSPS) is 14.2. The van der Waals surface area contributed by atoms with Gasteiger partial charge in [0.15, 0.2) is 0 Å². The van der Waals surface area contributed by atoms with Crippen LogP contribution in [0.4, 0.5) is 0 Å². The summed E-state index contributed by atoms with van der Waals surface area (Å²) in [6.07, 6.45) is 4.21. The second-order valence-corrected chi connectivity index (χ2v) is 4.11. The van der Waals surface area contributed by atoms with Gasteiger partial charge in [-0.1, -0.05) is 0 Å². The Morgan fingerprint density at radius 3 is 2.33 bits per heavy atom. The van der Waals surface area contributed by atoms with Crippen molar-refractivity contribution in [3.05, 3.63) is 12.2 Å². The zero-order valence-electron chi connectivity index (χ0n) is 10.3. The molecule has 0 saturated heterocycles. The van der Waals surface area contributed by atoms with Gasteiger partial charge in [0.05, 0.1) is 0 Å². The van der Waals surface area contributed by atoms with Crippen molar-refractivity contribution in [2.45, 2.75) is 26.2 Å². The lowest BCUT2D eigenvalue weighted by molar-refractivity contribution is -0.141. The number of hydrogen-bond acceptors (Lipinski definition) is 4. The number of nitrogens with zero attached hydrogens (tertiary/aromatic N) is 1. The van der Waals surface area contributed by atoms with E-state index in [0.29, 0.717) is 19.4 Å². The average molecular weight is 252 g/mol. The Bertz CT molecular complexity index is 383. The Labute approximate surface area is 105 Å². The molecule has 6 nitrogen and oxygen atoms in total. The topological polar surface area (TPSA) is 83.6 Å². The third-order valence-electron chi connectivity index (χ3n) is 2.48. The van der Waals surface area contributed by atoms with Crippen molar-refractivity contribution >= 4 is 23.5 Å². The molecule has 0 bridgehead atoms. The minimum Gasteiger partial charge on any atom is -0.355 e. The maximum Gasteiger partial charge on any atom is 0.254 e. The molecule has 0 atom stereocenters. The molecular weight excluding hydrogens is 236 g/mol. The molecule has 6 heteroatoms. The molecule has 1 heterocycles. The molecule has 3 amide bonds. The highest BCUT2D eigenvalue weighted by Gasteiger charge is 2.25. The fourth-order valence-corrected chi connectivity index (χ4v) is 1.51. The molecule has 1 aliphatic rings. The first-order valence-corrected chi connectivity index (χ1v) is 5.80. The zero-order chi connectivity index (χ0) is 13.5.